The molecule has 20 nitrogen and oxygen atoms in total. The summed E-state index contributed by atoms with van der Waals surface area (Å²) in [7, 11) is -16.6. The molecule has 4 heterocycles. The lowest BCUT2D eigenvalue weighted by Crippen LogP contribution is -2.49. The van der Waals surface area contributed by atoms with Gasteiger partial charge in [-0.15, -0.1) is 0 Å². The van der Waals surface area contributed by atoms with E-state index in [0.29, 0.717) is 18.5 Å². The fraction of sp³-hybridized carbons (Fsp3) is 0.500. The number of aryl methyl sites for hydroxylation is 1. The number of aromatic nitrogens is 2. The first-order valence-corrected chi connectivity index (χ1v) is 21.5. The second-order valence-electron chi connectivity index (χ2n) is 13.8. The van der Waals surface area contributed by atoms with Crippen LogP contribution < -0.4 is 27.1 Å². The zero-order valence-electron chi connectivity index (χ0n) is 30.1. The fourth-order valence-corrected chi connectivity index (χ4v) is 9.82. The number of phosphoric ester groups is 1. The fourth-order valence-electron chi connectivity index (χ4n) is 6.77. The number of phosphoric acid groups is 3. The van der Waals surface area contributed by atoms with Crippen molar-refractivity contribution >= 4 is 46.0 Å². The molecule has 2 aromatic heterocycles. The van der Waals surface area contributed by atoms with Gasteiger partial charge in [-0.2, -0.15) is 8.62 Å². The van der Waals surface area contributed by atoms with E-state index >= 15 is 0 Å². The van der Waals surface area contributed by atoms with Crippen molar-refractivity contribution in [2.45, 2.75) is 83.6 Å². The maximum Gasteiger partial charge on any atom is 0.490 e. The lowest BCUT2D eigenvalue weighted by Gasteiger charge is -2.47. The Labute approximate surface area is 313 Å². The SMILES string of the molecule is Cc1cc(=O)oc2cc3c(cc12)C(C)CC(C)(C)N3CCCC(=O)NCC#Cc1cn([C@H]2CC[C@@H](COP(=O)(O)OP(=O)(O)OP(=O)(O)O)O2)c(=O)[nH]c1=O. The van der Waals surface area contributed by atoms with Crippen LogP contribution in [0.1, 0.15) is 81.7 Å². The van der Waals surface area contributed by atoms with Crippen LogP contribution >= 0.6 is 23.5 Å². The molecule has 2 aliphatic rings. The molecule has 1 saturated heterocycles. The van der Waals surface area contributed by atoms with E-state index in [2.05, 4.69) is 67.0 Å². The van der Waals surface area contributed by atoms with Gasteiger partial charge in [0.15, 0.2) is 0 Å². The van der Waals surface area contributed by atoms with Crippen LogP contribution in [0.5, 0.6) is 0 Å². The molecule has 5 rings (SSSR count). The first-order valence-electron chi connectivity index (χ1n) is 16.9. The van der Waals surface area contributed by atoms with Crippen molar-refractivity contribution in [3.05, 3.63) is 72.3 Å². The number of carbonyl (C=O) groups excluding carboxylic acids is 1. The molecule has 55 heavy (non-hydrogen) atoms. The number of ether oxygens (including phenoxy) is 1. The van der Waals surface area contributed by atoms with Crippen LogP contribution in [0.3, 0.4) is 0 Å². The second-order valence-corrected chi connectivity index (χ2v) is 18.2. The zero-order valence-corrected chi connectivity index (χ0v) is 32.8. The van der Waals surface area contributed by atoms with E-state index in [9.17, 15) is 42.7 Å². The molecule has 3 unspecified atom stereocenters. The Kier molecular flexibility index (Phi) is 12.7. The zero-order chi connectivity index (χ0) is 40.5. The van der Waals surface area contributed by atoms with Gasteiger partial charge in [-0.3, -0.25) is 23.7 Å². The van der Waals surface area contributed by atoms with Crippen LogP contribution in [0.4, 0.5) is 5.69 Å². The van der Waals surface area contributed by atoms with E-state index in [-0.39, 0.29) is 48.7 Å². The number of fused-ring (bicyclic) bond motifs is 2. The van der Waals surface area contributed by atoms with Crippen molar-refractivity contribution < 1.29 is 60.4 Å². The molecular formula is C32H41N4O16P3. The molecule has 1 aromatic carbocycles. The summed E-state index contributed by atoms with van der Waals surface area (Å²) in [5.41, 5.74) is 1.07. The number of hydrogen-bond acceptors (Lipinski definition) is 13. The van der Waals surface area contributed by atoms with Gasteiger partial charge in [0.1, 0.15) is 17.4 Å². The summed E-state index contributed by atoms with van der Waals surface area (Å²) < 4.78 is 58.4. The molecule has 0 bridgehead atoms. The largest absolute Gasteiger partial charge is 0.490 e. The number of anilines is 1. The number of benzene rings is 1. The van der Waals surface area contributed by atoms with E-state index in [1.54, 1.807) is 0 Å². The minimum atomic E-state index is -5.70. The molecule has 5 atom stereocenters. The second kappa shape index (κ2) is 16.4. The third-order valence-electron chi connectivity index (χ3n) is 9.04. The van der Waals surface area contributed by atoms with Crippen LogP contribution in [0.15, 0.2) is 43.2 Å². The molecule has 1 fully saturated rings. The van der Waals surface area contributed by atoms with Crippen LogP contribution in [-0.2, 0) is 36.4 Å². The highest BCUT2D eigenvalue weighted by Crippen LogP contribution is 2.66. The van der Waals surface area contributed by atoms with Gasteiger partial charge in [0.05, 0.1) is 19.3 Å². The molecule has 0 spiro atoms. The highest BCUT2D eigenvalue weighted by atomic mass is 31.3. The third kappa shape index (κ3) is 11.0. The van der Waals surface area contributed by atoms with Gasteiger partial charge in [-0.25, -0.2) is 23.3 Å². The topological polar surface area (TPSA) is 286 Å². The maximum atomic E-state index is 12.7. The molecule has 300 valence electrons. The predicted molar refractivity (Wildman–Crippen MR) is 195 cm³/mol. The number of rotatable bonds is 13. The number of hydrogen-bond donors (Lipinski definition) is 6. The Morgan fingerprint density at radius 2 is 1.80 bits per heavy atom. The average Bonchev–Trinajstić information content (AvgIpc) is 3.51. The number of nitrogens with one attached hydrogen (secondary N) is 2. The number of aromatic amines is 1. The van der Waals surface area contributed by atoms with Crippen molar-refractivity contribution in [1.29, 1.82) is 0 Å². The Bertz CT molecular complexity index is 2360. The quantitative estimate of drug-likeness (QED) is 0.0820. The standard InChI is InChI=1S/C32H41N4O16P3/c1-19-13-29(38)50-26-15-25-23(14-24(19)26)20(2)16-32(3,4)36(25)12-6-8-27(37)33-11-5-7-21-17-35(31(40)34-30(21)39)28-10-9-22(49-28)18-48-54(44,45)52-55(46,47)51-53(41,42)43/h13-15,17,20,22,28H,6,8-12,16,18H2,1-4H3,(H,33,37)(H,44,45)(H,46,47)(H,34,39,40)(H2,41,42,43)/t20?,22-,28+/m0/s1. The Hall–Kier alpha value is -3.69. The van der Waals surface area contributed by atoms with E-state index < -0.39 is 59.3 Å². The molecular weight excluding hydrogens is 789 g/mol. The first kappa shape index (κ1) is 42.5. The minimum Gasteiger partial charge on any atom is -0.423 e. The van der Waals surface area contributed by atoms with Gasteiger partial charge in [-0.1, -0.05) is 18.8 Å². The average molecular weight is 831 g/mol. The van der Waals surface area contributed by atoms with Crippen molar-refractivity contribution in [2.75, 3.05) is 24.6 Å². The van der Waals surface area contributed by atoms with Crippen molar-refractivity contribution in [2.24, 2.45) is 0 Å². The van der Waals surface area contributed by atoms with Crippen LogP contribution in [0.2, 0.25) is 0 Å². The summed E-state index contributed by atoms with van der Waals surface area (Å²) >= 11 is 0. The number of H-pyrrole nitrogens is 1. The molecule has 3 aromatic rings. The summed E-state index contributed by atoms with van der Waals surface area (Å²) in [5.74, 6) is 5.31. The first-order chi connectivity index (χ1) is 25.5. The summed E-state index contributed by atoms with van der Waals surface area (Å²) in [4.78, 5) is 90.4. The lowest BCUT2D eigenvalue weighted by atomic mass is 9.79. The normalized spacial score (nSPS) is 21.6. The summed E-state index contributed by atoms with van der Waals surface area (Å²) in [6.45, 7) is 8.09. The molecule has 0 saturated carbocycles. The monoisotopic (exact) mass is 830 g/mol. The Balaban J connectivity index is 1.14. The lowest BCUT2D eigenvalue weighted by molar-refractivity contribution is -0.120. The molecule has 0 radical (unpaired) electrons. The van der Waals surface area contributed by atoms with Gasteiger partial charge in [0.25, 0.3) is 5.56 Å². The van der Waals surface area contributed by atoms with E-state index in [0.717, 1.165) is 39.4 Å². The number of carbonyl (C=O) groups is 1. The van der Waals surface area contributed by atoms with Crippen LogP contribution in [0, 0.1) is 18.8 Å². The van der Waals surface area contributed by atoms with Crippen LogP contribution in [-0.4, -0.2) is 66.4 Å². The molecule has 1 amide bonds. The van der Waals surface area contributed by atoms with E-state index in [4.69, 9.17) is 18.9 Å². The Morgan fingerprint density at radius 3 is 2.51 bits per heavy atom. The van der Waals surface area contributed by atoms with E-state index in [1.807, 2.05) is 13.0 Å². The minimum absolute atomic E-state index is 0.0973. The van der Waals surface area contributed by atoms with Gasteiger partial charge in [0.2, 0.25) is 5.91 Å². The Morgan fingerprint density at radius 1 is 1.07 bits per heavy atom. The molecule has 23 heteroatoms. The highest BCUT2D eigenvalue weighted by Gasteiger charge is 2.42. The van der Waals surface area contributed by atoms with Gasteiger partial charge < -0.3 is 38.9 Å². The summed E-state index contributed by atoms with van der Waals surface area (Å²) in [6, 6.07) is 5.47. The third-order valence-corrected chi connectivity index (χ3v) is 12.8. The summed E-state index contributed by atoms with van der Waals surface area (Å²) in [6.07, 6.45) is 1.11. The smallest absolute Gasteiger partial charge is 0.423 e. The van der Waals surface area contributed by atoms with Gasteiger partial charge >= 0.3 is 34.8 Å². The van der Waals surface area contributed by atoms with Crippen molar-refractivity contribution in [1.82, 2.24) is 14.9 Å². The highest BCUT2D eigenvalue weighted by molar-refractivity contribution is 7.66. The van der Waals surface area contributed by atoms with Crippen LogP contribution in [0.25, 0.3) is 11.0 Å². The van der Waals surface area contributed by atoms with E-state index in [1.165, 1.54) is 6.07 Å². The molecule has 2 aliphatic heterocycles. The maximum absolute atomic E-state index is 12.7. The molecule has 6 N–H and O–H groups in total. The van der Waals surface area contributed by atoms with Crippen molar-refractivity contribution in [3.63, 3.8) is 0 Å². The number of amides is 1. The number of nitrogens with zero attached hydrogens (tertiary/aromatic N) is 2. The summed E-state index contributed by atoms with van der Waals surface area (Å²) in [5, 5.41) is 3.59. The van der Waals surface area contributed by atoms with Gasteiger partial charge in [-0.05, 0) is 69.6 Å². The predicted octanol–water partition coefficient (Wildman–Crippen LogP) is 3.01. The molecule has 0 aliphatic carbocycles. The van der Waals surface area contributed by atoms with Crippen molar-refractivity contribution in [3.8, 4) is 11.8 Å². The van der Waals surface area contributed by atoms with Gasteiger partial charge in [0, 0.05) is 47.9 Å².